The monoisotopic (exact) mass is 558 g/mol. The molecule has 0 aromatic heterocycles. The van der Waals surface area contributed by atoms with Crippen LogP contribution in [0.15, 0.2) is 48.5 Å². The molecule has 0 radical (unpaired) electrons. The van der Waals surface area contributed by atoms with Gasteiger partial charge in [-0.25, -0.2) is 13.2 Å². The molecule has 3 nitrogen and oxygen atoms in total. The molecule has 3 aromatic carbocycles. The predicted molar refractivity (Wildman–Crippen MR) is 149 cm³/mol. The highest BCUT2D eigenvalue weighted by Crippen LogP contribution is 2.37. The summed E-state index contributed by atoms with van der Waals surface area (Å²) < 4.78 is 76.0. The number of hydrogen-bond donors (Lipinski definition) is 0. The molecule has 1 saturated carbocycles. The molecule has 1 fully saturated rings. The zero-order chi connectivity index (χ0) is 28.5. The molecule has 0 bridgehead atoms. The lowest BCUT2D eigenvalue weighted by Crippen LogP contribution is -2.22. The Balaban J connectivity index is 1.35. The molecule has 0 atom stereocenters. The van der Waals surface area contributed by atoms with Gasteiger partial charge in [-0.05, 0) is 79.8 Å². The van der Waals surface area contributed by atoms with Crippen molar-refractivity contribution < 1.29 is 31.8 Å². The fourth-order valence-electron chi connectivity index (χ4n) is 5.05. The molecule has 7 heteroatoms. The van der Waals surface area contributed by atoms with Gasteiger partial charge >= 0.3 is 0 Å². The number of unbranched alkanes of at least 4 members (excludes halogenated alkanes) is 2. The minimum atomic E-state index is -1.02. The largest absolute Gasteiger partial charge is 0.490 e. The minimum Gasteiger partial charge on any atom is -0.490 e. The Hall–Kier alpha value is -3.06. The number of hydrogen-bond acceptors (Lipinski definition) is 3. The van der Waals surface area contributed by atoms with Crippen LogP contribution in [0.5, 0.6) is 11.5 Å². The summed E-state index contributed by atoms with van der Waals surface area (Å²) in [6, 6.07) is 12.5. The first-order chi connectivity index (χ1) is 19.4. The van der Waals surface area contributed by atoms with Gasteiger partial charge < -0.3 is 14.2 Å². The summed E-state index contributed by atoms with van der Waals surface area (Å²) >= 11 is 0. The maximum Gasteiger partial charge on any atom is 0.201 e. The van der Waals surface area contributed by atoms with Crippen molar-refractivity contribution in [2.75, 3.05) is 13.2 Å². The van der Waals surface area contributed by atoms with Crippen LogP contribution in [0.1, 0.15) is 82.3 Å². The average molecular weight is 559 g/mol. The van der Waals surface area contributed by atoms with Crippen LogP contribution in [-0.4, -0.2) is 19.3 Å². The number of rotatable bonds is 13. The van der Waals surface area contributed by atoms with E-state index in [-0.39, 0.29) is 35.5 Å². The van der Waals surface area contributed by atoms with Crippen molar-refractivity contribution in [3.8, 4) is 22.6 Å². The van der Waals surface area contributed by atoms with Crippen molar-refractivity contribution in [2.45, 2.75) is 83.8 Å². The molecule has 3 aromatic rings. The first-order valence-corrected chi connectivity index (χ1v) is 14.3. The van der Waals surface area contributed by atoms with Gasteiger partial charge in [0.15, 0.2) is 23.2 Å². The number of benzene rings is 3. The maximum absolute atomic E-state index is 15.0. The van der Waals surface area contributed by atoms with Crippen molar-refractivity contribution >= 4 is 0 Å². The first kappa shape index (κ1) is 29.9. The van der Waals surface area contributed by atoms with Gasteiger partial charge in [0.05, 0.1) is 12.7 Å². The zero-order valence-electron chi connectivity index (χ0n) is 23.3. The van der Waals surface area contributed by atoms with Crippen LogP contribution < -0.4 is 9.47 Å². The second-order valence-corrected chi connectivity index (χ2v) is 10.4. The normalized spacial score (nSPS) is 17.1. The van der Waals surface area contributed by atoms with Crippen molar-refractivity contribution in [1.82, 2.24) is 0 Å². The Morgan fingerprint density at radius 3 is 2.08 bits per heavy atom. The van der Waals surface area contributed by atoms with Gasteiger partial charge in [0, 0.05) is 17.7 Å². The van der Waals surface area contributed by atoms with Crippen molar-refractivity contribution in [3.05, 3.63) is 82.9 Å². The predicted octanol–water partition coefficient (Wildman–Crippen LogP) is 9.51. The van der Waals surface area contributed by atoms with Crippen LogP contribution in [-0.2, 0) is 11.3 Å². The fraction of sp³-hybridized carbons (Fsp3) is 0.455. The maximum atomic E-state index is 15.0. The Morgan fingerprint density at radius 1 is 0.675 bits per heavy atom. The van der Waals surface area contributed by atoms with Crippen LogP contribution in [0.2, 0.25) is 0 Å². The summed E-state index contributed by atoms with van der Waals surface area (Å²) in [5, 5.41) is 0. The molecule has 40 heavy (non-hydrogen) atoms. The lowest BCUT2D eigenvalue weighted by Gasteiger charge is -2.29. The number of halogens is 4. The van der Waals surface area contributed by atoms with Gasteiger partial charge in [0.2, 0.25) is 5.82 Å². The number of ether oxygens (including phenoxy) is 3. The molecule has 0 unspecified atom stereocenters. The Labute approximate surface area is 234 Å². The standard InChI is InChI=1S/C33H38F4O3/c1-3-5-19-38-25-12-7-22(8-13-25)27-16-11-24(30(34)31(27)35)21-40-26-14-9-23(10-15-26)28-17-18-29(33(37)32(28)36)39-20-6-4-2/h9-11,14-18,22,25H,3-8,12-13,19-21H2,1-2H3. The highest BCUT2D eigenvalue weighted by atomic mass is 19.2. The fourth-order valence-corrected chi connectivity index (χ4v) is 5.05. The average Bonchev–Trinajstić information content (AvgIpc) is 2.97. The molecular weight excluding hydrogens is 520 g/mol. The SMILES string of the molecule is CCCCOc1ccc(-c2ccc(OCc3ccc(C4CCC(OCCCC)CC4)c(F)c3F)cc2)c(F)c1F. The molecule has 1 aliphatic rings. The van der Waals surface area contributed by atoms with Crippen molar-refractivity contribution in [3.63, 3.8) is 0 Å². The Morgan fingerprint density at radius 2 is 1.38 bits per heavy atom. The quantitative estimate of drug-likeness (QED) is 0.154. The Bertz CT molecular complexity index is 1240. The smallest absolute Gasteiger partial charge is 0.201 e. The van der Waals surface area contributed by atoms with E-state index >= 15 is 4.39 Å². The molecule has 1 aliphatic carbocycles. The van der Waals surface area contributed by atoms with Gasteiger partial charge in [-0.2, -0.15) is 4.39 Å². The first-order valence-electron chi connectivity index (χ1n) is 14.3. The second-order valence-electron chi connectivity index (χ2n) is 10.4. The molecule has 0 amide bonds. The molecule has 216 valence electrons. The van der Waals surface area contributed by atoms with Gasteiger partial charge in [-0.15, -0.1) is 0 Å². The van der Waals surface area contributed by atoms with Gasteiger partial charge in [-0.1, -0.05) is 51.0 Å². The lowest BCUT2D eigenvalue weighted by atomic mass is 9.82. The lowest BCUT2D eigenvalue weighted by molar-refractivity contribution is 0.0230. The van der Waals surface area contributed by atoms with Crippen LogP contribution in [0.25, 0.3) is 11.1 Å². The molecular formula is C33H38F4O3. The van der Waals surface area contributed by atoms with E-state index in [9.17, 15) is 13.2 Å². The van der Waals surface area contributed by atoms with Crippen LogP contribution in [0.4, 0.5) is 17.6 Å². The molecule has 0 saturated heterocycles. The highest BCUT2D eigenvalue weighted by Gasteiger charge is 2.27. The summed E-state index contributed by atoms with van der Waals surface area (Å²) in [6.45, 7) is 5.02. The van der Waals surface area contributed by atoms with E-state index in [4.69, 9.17) is 14.2 Å². The van der Waals surface area contributed by atoms with E-state index in [1.165, 1.54) is 12.1 Å². The van der Waals surface area contributed by atoms with Gasteiger partial charge in [0.1, 0.15) is 12.4 Å². The van der Waals surface area contributed by atoms with Crippen molar-refractivity contribution in [2.24, 2.45) is 0 Å². The summed E-state index contributed by atoms with van der Waals surface area (Å²) in [5.74, 6) is -3.46. The van der Waals surface area contributed by atoms with Crippen LogP contribution in [0.3, 0.4) is 0 Å². The van der Waals surface area contributed by atoms with E-state index < -0.39 is 23.3 Å². The van der Waals surface area contributed by atoms with Gasteiger partial charge in [0.25, 0.3) is 0 Å². The summed E-state index contributed by atoms with van der Waals surface area (Å²) in [5.41, 5.74) is 1.08. The molecule has 0 N–H and O–H groups in total. The third-order valence-corrected chi connectivity index (χ3v) is 7.52. The van der Waals surface area contributed by atoms with E-state index in [2.05, 4.69) is 6.92 Å². The summed E-state index contributed by atoms with van der Waals surface area (Å²) in [4.78, 5) is 0. The summed E-state index contributed by atoms with van der Waals surface area (Å²) in [6.07, 6.45) is 7.22. The minimum absolute atomic E-state index is 0.0229. The van der Waals surface area contributed by atoms with E-state index in [1.807, 2.05) is 6.92 Å². The van der Waals surface area contributed by atoms with E-state index in [0.29, 0.717) is 23.5 Å². The topological polar surface area (TPSA) is 27.7 Å². The molecule has 0 aliphatic heterocycles. The third-order valence-electron chi connectivity index (χ3n) is 7.52. The summed E-state index contributed by atoms with van der Waals surface area (Å²) in [7, 11) is 0. The molecule has 0 heterocycles. The van der Waals surface area contributed by atoms with Crippen molar-refractivity contribution in [1.29, 1.82) is 0 Å². The van der Waals surface area contributed by atoms with Gasteiger partial charge in [-0.3, -0.25) is 0 Å². The third kappa shape index (κ3) is 7.36. The molecule has 0 spiro atoms. The second kappa shape index (κ2) is 14.5. The van der Waals surface area contributed by atoms with Crippen LogP contribution in [0, 0.1) is 23.3 Å². The van der Waals surface area contributed by atoms with Crippen LogP contribution >= 0.6 is 0 Å². The Kier molecular flexibility index (Phi) is 10.9. The van der Waals surface area contributed by atoms with E-state index in [1.54, 1.807) is 36.4 Å². The molecule has 4 rings (SSSR count). The van der Waals surface area contributed by atoms with E-state index in [0.717, 1.165) is 58.0 Å². The highest BCUT2D eigenvalue weighted by molar-refractivity contribution is 5.66. The zero-order valence-corrected chi connectivity index (χ0v) is 23.3.